The fourth-order valence-corrected chi connectivity index (χ4v) is 5.42. The van der Waals surface area contributed by atoms with E-state index in [1.807, 2.05) is 66.7 Å². The van der Waals surface area contributed by atoms with Gasteiger partial charge in [0.05, 0.1) is 12.0 Å². The van der Waals surface area contributed by atoms with Crippen molar-refractivity contribution in [3.8, 4) is 0 Å². The van der Waals surface area contributed by atoms with E-state index in [2.05, 4.69) is 0 Å². The minimum absolute atomic E-state index is 0.115. The van der Waals surface area contributed by atoms with Crippen LogP contribution in [0, 0.1) is 5.92 Å². The number of allylic oxidation sites excluding steroid dienone is 2. The maximum absolute atomic E-state index is 14.1. The van der Waals surface area contributed by atoms with Gasteiger partial charge < -0.3 is 14.6 Å². The van der Waals surface area contributed by atoms with Crippen LogP contribution in [-0.2, 0) is 31.9 Å². The second-order valence-electron chi connectivity index (χ2n) is 10.8. The lowest BCUT2D eigenvalue weighted by Crippen LogP contribution is -2.49. The van der Waals surface area contributed by atoms with Gasteiger partial charge in [-0.3, -0.25) is 9.59 Å². The molecular formula is C34H41NO6. The van der Waals surface area contributed by atoms with Crippen molar-refractivity contribution >= 4 is 17.8 Å². The molecule has 218 valence electrons. The Hall–Kier alpha value is -3.71. The Kier molecular flexibility index (Phi) is 11.7. The third kappa shape index (κ3) is 8.89. The van der Waals surface area contributed by atoms with E-state index >= 15 is 0 Å². The molecule has 0 aliphatic carbocycles. The largest absolute Gasteiger partial charge is 0.482 e. The third-order valence-corrected chi connectivity index (χ3v) is 7.66. The number of cyclic esters (lactones) is 1. The molecule has 2 aliphatic heterocycles. The number of benzene rings is 2. The molecular weight excluding hydrogens is 518 g/mol. The molecule has 2 aromatic carbocycles. The van der Waals surface area contributed by atoms with Gasteiger partial charge in [0.1, 0.15) is 12.4 Å². The Morgan fingerprint density at radius 3 is 2.20 bits per heavy atom. The molecule has 7 heteroatoms. The van der Waals surface area contributed by atoms with Crippen molar-refractivity contribution in [1.82, 2.24) is 4.90 Å². The summed E-state index contributed by atoms with van der Waals surface area (Å²) in [6.45, 7) is 0.377. The number of aliphatic hydroxyl groups is 1. The minimum atomic E-state index is -1.03. The molecule has 0 bridgehead atoms. The Labute approximate surface area is 242 Å². The van der Waals surface area contributed by atoms with Gasteiger partial charge in [0.15, 0.2) is 11.9 Å². The number of imide groups is 1. The fourth-order valence-electron chi connectivity index (χ4n) is 5.42. The first kappa shape index (κ1) is 30.3. The normalized spacial score (nSPS) is 20.2. The van der Waals surface area contributed by atoms with Gasteiger partial charge in [0, 0.05) is 6.61 Å². The summed E-state index contributed by atoms with van der Waals surface area (Å²) in [6, 6.07) is 18.7. The van der Waals surface area contributed by atoms with E-state index in [4.69, 9.17) is 14.6 Å². The Morgan fingerprint density at radius 1 is 0.878 bits per heavy atom. The van der Waals surface area contributed by atoms with Gasteiger partial charge in [-0.15, -0.1) is 0 Å². The zero-order chi connectivity index (χ0) is 28.9. The molecule has 1 N–H and O–H groups in total. The highest BCUT2D eigenvalue weighted by atomic mass is 16.6. The summed E-state index contributed by atoms with van der Waals surface area (Å²) in [5.74, 6) is -1.05. The van der Waals surface area contributed by atoms with Crippen molar-refractivity contribution in [3.63, 3.8) is 0 Å². The summed E-state index contributed by atoms with van der Waals surface area (Å²) in [5, 5.41) is 8.88. The van der Waals surface area contributed by atoms with Gasteiger partial charge in [-0.05, 0) is 61.5 Å². The molecule has 2 aliphatic rings. The minimum Gasteiger partial charge on any atom is -0.482 e. The van der Waals surface area contributed by atoms with Gasteiger partial charge in [-0.25, -0.2) is 9.69 Å². The Morgan fingerprint density at radius 2 is 1.51 bits per heavy atom. The molecule has 41 heavy (non-hydrogen) atoms. The lowest BCUT2D eigenvalue weighted by Gasteiger charge is -2.31. The van der Waals surface area contributed by atoms with Crippen LogP contribution in [0.3, 0.4) is 0 Å². The predicted octanol–water partition coefficient (Wildman–Crippen LogP) is 5.96. The summed E-state index contributed by atoms with van der Waals surface area (Å²) in [5.41, 5.74) is 1.88. The van der Waals surface area contributed by atoms with E-state index in [9.17, 15) is 14.4 Å². The maximum atomic E-state index is 14.1. The topological polar surface area (TPSA) is 93.1 Å². The van der Waals surface area contributed by atoms with Crippen LogP contribution >= 0.6 is 0 Å². The van der Waals surface area contributed by atoms with Gasteiger partial charge in [0.25, 0.3) is 0 Å². The Bertz CT molecular complexity index is 1190. The van der Waals surface area contributed by atoms with Crippen molar-refractivity contribution in [2.75, 3.05) is 13.2 Å². The summed E-state index contributed by atoms with van der Waals surface area (Å²) in [6.07, 6.45) is 12.5. The van der Waals surface area contributed by atoms with Crippen molar-refractivity contribution < 1.29 is 29.0 Å². The van der Waals surface area contributed by atoms with E-state index in [0.29, 0.717) is 12.2 Å². The molecule has 0 radical (unpaired) electrons. The molecule has 0 spiro atoms. The van der Waals surface area contributed by atoms with Crippen LogP contribution in [0.15, 0.2) is 84.7 Å². The average Bonchev–Trinajstić information content (AvgIpc) is 3.36. The quantitative estimate of drug-likeness (QED) is 0.271. The number of amides is 2. The van der Waals surface area contributed by atoms with Gasteiger partial charge in [0.2, 0.25) is 5.91 Å². The smallest absolute Gasteiger partial charge is 0.416 e. The highest BCUT2D eigenvalue weighted by Gasteiger charge is 2.45. The fraction of sp³-hybridized carbons (Fsp3) is 0.441. The number of carbonyl (C=O) groups is 3. The second-order valence-corrected chi connectivity index (χ2v) is 10.8. The third-order valence-electron chi connectivity index (χ3n) is 7.66. The number of ether oxygens (including phenoxy) is 2. The van der Waals surface area contributed by atoms with E-state index in [-0.39, 0.29) is 25.4 Å². The molecule has 0 aromatic heterocycles. The number of hydrogen-bond acceptors (Lipinski definition) is 6. The van der Waals surface area contributed by atoms with Crippen molar-refractivity contribution in [3.05, 3.63) is 95.8 Å². The first-order valence-corrected chi connectivity index (χ1v) is 14.8. The molecule has 1 fully saturated rings. The summed E-state index contributed by atoms with van der Waals surface area (Å²) in [4.78, 5) is 41.2. The summed E-state index contributed by atoms with van der Waals surface area (Å²) >= 11 is 0. The zero-order valence-electron chi connectivity index (χ0n) is 23.7. The van der Waals surface area contributed by atoms with E-state index in [1.165, 1.54) is 11.0 Å². The summed E-state index contributed by atoms with van der Waals surface area (Å²) in [7, 11) is 0. The lowest BCUT2D eigenvalue weighted by atomic mass is 9.88. The molecule has 3 atom stereocenters. The molecule has 2 amide bonds. The first-order valence-electron chi connectivity index (χ1n) is 14.8. The molecule has 2 heterocycles. The number of aliphatic hydroxyl groups excluding tert-OH is 1. The van der Waals surface area contributed by atoms with E-state index in [1.54, 1.807) is 6.08 Å². The second kappa shape index (κ2) is 15.9. The molecule has 0 saturated carbocycles. The highest BCUT2D eigenvalue weighted by Crippen LogP contribution is 2.28. The van der Waals surface area contributed by atoms with Crippen LogP contribution in [0.1, 0.15) is 62.5 Å². The van der Waals surface area contributed by atoms with Gasteiger partial charge >= 0.3 is 6.09 Å². The highest BCUT2D eigenvalue weighted by molar-refractivity contribution is 6.02. The number of carbonyl (C=O) groups excluding carboxylic acids is 3. The molecule has 1 saturated heterocycles. The van der Waals surface area contributed by atoms with E-state index in [0.717, 1.165) is 62.5 Å². The predicted molar refractivity (Wildman–Crippen MR) is 157 cm³/mol. The SMILES string of the molecule is O=C1C=CC(=CCCCCCCCCCO)OC1C(Cc1ccccc1)C(=O)N1C(=O)OCC1Cc1ccccc1. The summed E-state index contributed by atoms with van der Waals surface area (Å²) < 4.78 is 11.5. The molecule has 7 nitrogen and oxygen atoms in total. The maximum Gasteiger partial charge on any atom is 0.416 e. The van der Waals surface area contributed by atoms with Crippen LogP contribution in [0.4, 0.5) is 4.79 Å². The van der Waals surface area contributed by atoms with Crippen LogP contribution in [0.25, 0.3) is 0 Å². The number of rotatable bonds is 15. The first-order chi connectivity index (χ1) is 20.1. The Balaban J connectivity index is 1.45. The van der Waals surface area contributed by atoms with Gasteiger partial charge in [-0.1, -0.05) is 92.8 Å². The average molecular weight is 560 g/mol. The van der Waals surface area contributed by atoms with Crippen molar-refractivity contribution in [1.29, 1.82) is 0 Å². The number of unbranched alkanes of at least 4 members (excludes halogenated alkanes) is 7. The van der Waals surface area contributed by atoms with Crippen LogP contribution < -0.4 is 0 Å². The van der Waals surface area contributed by atoms with E-state index < -0.39 is 30.1 Å². The number of hydrogen-bond donors (Lipinski definition) is 1. The number of nitrogens with zero attached hydrogens (tertiary/aromatic N) is 1. The zero-order valence-corrected chi connectivity index (χ0v) is 23.7. The van der Waals surface area contributed by atoms with Crippen LogP contribution in [0.2, 0.25) is 0 Å². The van der Waals surface area contributed by atoms with Crippen molar-refractivity contribution in [2.24, 2.45) is 5.92 Å². The van der Waals surface area contributed by atoms with Crippen LogP contribution in [0.5, 0.6) is 0 Å². The molecule has 4 rings (SSSR count). The molecule has 3 unspecified atom stereocenters. The number of ketones is 1. The van der Waals surface area contributed by atoms with Gasteiger partial charge in [-0.2, -0.15) is 0 Å². The molecule has 2 aromatic rings. The lowest BCUT2D eigenvalue weighted by molar-refractivity contribution is -0.143. The monoisotopic (exact) mass is 559 g/mol. The standard InChI is InChI=1S/C34H41NO6/c36-22-14-6-4-2-1-3-5-13-19-29-20-21-31(37)32(41-29)30(24-27-17-11-8-12-18-27)33(38)35-28(25-40-34(35)39)23-26-15-9-7-10-16-26/h7-12,15-21,28,30,32,36H,1-6,13-14,22-25H2. The van der Waals surface area contributed by atoms with Crippen LogP contribution in [-0.4, -0.2) is 53.1 Å². The van der Waals surface area contributed by atoms with Crippen molar-refractivity contribution in [2.45, 2.75) is 76.4 Å².